The fourth-order valence-electron chi connectivity index (χ4n) is 1.55. The van der Waals surface area contributed by atoms with Gasteiger partial charge in [-0.15, -0.1) is 0 Å². The molecule has 0 unspecified atom stereocenters. The number of benzene rings is 1. The van der Waals surface area contributed by atoms with Crippen LogP contribution in [0.15, 0.2) is 30.3 Å². The van der Waals surface area contributed by atoms with E-state index in [0.29, 0.717) is 10.6 Å². The summed E-state index contributed by atoms with van der Waals surface area (Å²) >= 11 is 5.76. The SMILES string of the molecule is Cc1cc(C)n(C(=O)c2ccc(Cl)cc2)n1. The van der Waals surface area contributed by atoms with Crippen LogP contribution in [0.2, 0.25) is 5.02 Å². The summed E-state index contributed by atoms with van der Waals surface area (Å²) in [4.78, 5) is 12.0. The van der Waals surface area contributed by atoms with Crippen LogP contribution in [0, 0.1) is 13.8 Å². The zero-order valence-corrected chi connectivity index (χ0v) is 9.82. The summed E-state index contributed by atoms with van der Waals surface area (Å²) < 4.78 is 1.40. The molecule has 0 aliphatic heterocycles. The van der Waals surface area contributed by atoms with Crippen LogP contribution in [0.25, 0.3) is 0 Å². The molecule has 0 fully saturated rings. The largest absolute Gasteiger partial charge is 0.278 e. The fourth-order valence-corrected chi connectivity index (χ4v) is 1.68. The van der Waals surface area contributed by atoms with Gasteiger partial charge in [0.1, 0.15) is 0 Å². The lowest BCUT2D eigenvalue weighted by molar-refractivity contribution is 0.0942. The fraction of sp³-hybridized carbons (Fsp3) is 0.167. The second-order valence-corrected chi connectivity index (χ2v) is 4.09. The van der Waals surface area contributed by atoms with Crippen LogP contribution in [0.4, 0.5) is 0 Å². The van der Waals surface area contributed by atoms with Crippen LogP contribution >= 0.6 is 11.6 Å². The van der Waals surface area contributed by atoms with Crippen molar-refractivity contribution in [2.75, 3.05) is 0 Å². The van der Waals surface area contributed by atoms with E-state index in [1.165, 1.54) is 4.68 Å². The minimum atomic E-state index is -0.137. The zero-order valence-electron chi connectivity index (χ0n) is 9.07. The highest BCUT2D eigenvalue weighted by atomic mass is 35.5. The van der Waals surface area contributed by atoms with Crippen molar-refractivity contribution in [2.45, 2.75) is 13.8 Å². The number of rotatable bonds is 1. The first-order chi connectivity index (χ1) is 7.58. The van der Waals surface area contributed by atoms with Crippen LogP contribution in [0.5, 0.6) is 0 Å². The molecule has 0 spiro atoms. The number of carbonyl (C=O) groups excluding carboxylic acids is 1. The average Bonchev–Trinajstić information content (AvgIpc) is 2.58. The van der Waals surface area contributed by atoms with Gasteiger partial charge in [-0.05, 0) is 44.2 Å². The lowest BCUT2D eigenvalue weighted by Crippen LogP contribution is -2.15. The van der Waals surface area contributed by atoms with Crippen molar-refractivity contribution in [1.82, 2.24) is 9.78 Å². The van der Waals surface area contributed by atoms with Crippen molar-refractivity contribution in [3.8, 4) is 0 Å². The molecule has 3 nitrogen and oxygen atoms in total. The summed E-state index contributed by atoms with van der Waals surface area (Å²) in [6.45, 7) is 3.71. The number of hydrogen-bond acceptors (Lipinski definition) is 2. The quantitative estimate of drug-likeness (QED) is 0.761. The molecule has 0 radical (unpaired) electrons. The number of aryl methyl sites for hydroxylation is 2. The molecule has 0 aliphatic carbocycles. The Morgan fingerprint density at radius 3 is 2.38 bits per heavy atom. The van der Waals surface area contributed by atoms with E-state index in [1.54, 1.807) is 24.3 Å². The second kappa shape index (κ2) is 4.10. The minimum Gasteiger partial charge on any atom is -0.267 e. The predicted octanol–water partition coefficient (Wildman–Crippen LogP) is 2.84. The third-order valence-corrected chi connectivity index (χ3v) is 2.55. The van der Waals surface area contributed by atoms with Gasteiger partial charge in [0.15, 0.2) is 0 Å². The van der Waals surface area contributed by atoms with E-state index >= 15 is 0 Å². The Hall–Kier alpha value is -1.61. The Labute approximate surface area is 98.7 Å². The summed E-state index contributed by atoms with van der Waals surface area (Å²) in [6.07, 6.45) is 0. The van der Waals surface area contributed by atoms with Gasteiger partial charge in [0, 0.05) is 16.3 Å². The monoisotopic (exact) mass is 234 g/mol. The lowest BCUT2D eigenvalue weighted by Gasteiger charge is -2.02. The first-order valence-electron chi connectivity index (χ1n) is 4.91. The lowest BCUT2D eigenvalue weighted by atomic mass is 10.2. The minimum absolute atomic E-state index is 0.137. The van der Waals surface area contributed by atoms with Crippen LogP contribution in [0.3, 0.4) is 0 Å². The first kappa shape index (κ1) is 10.9. The van der Waals surface area contributed by atoms with E-state index in [4.69, 9.17) is 11.6 Å². The number of halogens is 1. The van der Waals surface area contributed by atoms with Crippen molar-refractivity contribution in [3.63, 3.8) is 0 Å². The maximum atomic E-state index is 12.0. The smallest absolute Gasteiger partial charge is 0.267 e. The molecule has 4 heteroatoms. The molecule has 1 aromatic heterocycles. The molecule has 0 saturated heterocycles. The van der Waals surface area contributed by atoms with Crippen LogP contribution in [0.1, 0.15) is 21.7 Å². The second-order valence-electron chi connectivity index (χ2n) is 3.65. The van der Waals surface area contributed by atoms with Crippen molar-refractivity contribution in [2.24, 2.45) is 0 Å². The normalized spacial score (nSPS) is 10.4. The van der Waals surface area contributed by atoms with Gasteiger partial charge >= 0.3 is 0 Å². The summed E-state index contributed by atoms with van der Waals surface area (Å²) in [7, 11) is 0. The van der Waals surface area contributed by atoms with Gasteiger partial charge in [-0.3, -0.25) is 4.79 Å². The van der Waals surface area contributed by atoms with Gasteiger partial charge in [0.05, 0.1) is 5.69 Å². The van der Waals surface area contributed by atoms with Gasteiger partial charge in [-0.1, -0.05) is 11.6 Å². The number of carbonyl (C=O) groups is 1. The van der Waals surface area contributed by atoms with Crippen LogP contribution in [-0.4, -0.2) is 15.7 Å². The summed E-state index contributed by atoms with van der Waals surface area (Å²) in [5.74, 6) is -0.137. The molecule has 0 aliphatic rings. The van der Waals surface area contributed by atoms with E-state index < -0.39 is 0 Å². The molecule has 0 saturated carbocycles. The molecule has 16 heavy (non-hydrogen) atoms. The third kappa shape index (κ3) is 1.99. The highest BCUT2D eigenvalue weighted by Gasteiger charge is 2.11. The number of nitrogens with zero attached hydrogens (tertiary/aromatic N) is 2. The Kier molecular flexibility index (Phi) is 2.79. The molecule has 0 amide bonds. The predicted molar refractivity (Wildman–Crippen MR) is 62.9 cm³/mol. The topological polar surface area (TPSA) is 34.9 Å². The van der Waals surface area contributed by atoms with Crippen molar-refractivity contribution < 1.29 is 4.79 Å². The van der Waals surface area contributed by atoms with E-state index in [9.17, 15) is 4.79 Å². The van der Waals surface area contributed by atoms with Crippen molar-refractivity contribution >= 4 is 17.5 Å². The molecule has 1 heterocycles. The molecular formula is C12H11ClN2O. The average molecular weight is 235 g/mol. The van der Waals surface area contributed by atoms with Gasteiger partial charge in [0.2, 0.25) is 0 Å². The molecule has 1 aromatic carbocycles. The molecular weight excluding hydrogens is 224 g/mol. The highest BCUT2D eigenvalue weighted by molar-refractivity contribution is 6.30. The van der Waals surface area contributed by atoms with Crippen LogP contribution in [-0.2, 0) is 0 Å². The Morgan fingerprint density at radius 2 is 1.88 bits per heavy atom. The summed E-state index contributed by atoms with van der Waals surface area (Å²) in [6, 6.07) is 8.65. The molecule has 0 atom stereocenters. The van der Waals surface area contributed by atoms with Gasteiger partial charge < -0.3 is 0 Å². The summed E-state index contributed by atoms with van der Waals surface area (Å²) in [5.41, 5.74) is 2.24. The van der Waals surface area contributed by atoms with E-state index in [1.807, 2.05) is 19.9 Å². The molecule has 0 N–H and O–H groups in total. The number of aromatic nitrogens is 2. The maximum Gasteiger partial charge on any atom is 0.278 e. The van der Waals surface area contributed by atoms with Crippen molar-refractivity contribution in [1.29, 1.82) is 0 Å². The van der Waals surface area contributed by atoms with E-state index in [-0.39, 0.29) is 5.91 Å². The van der Waals surface area contributed by atoms with Gasteiger partial charge in [-0.25, -0.2) is 4.68 Å². The summed E-state index contributed by atoms with van der Waals surface area (Å²) in [5, 5.41) is 4.76. The highest BCUT2D eigenvalue weighted by Crippen LogP contribution is 2.12. The zero-order chi connectivity index (χ0) is 11.7. The maximum absolute atomic E-state index is 12.0. The Balaban J connectivity index is 2.39. The Bertz CT molecular complexity index is 528. The van der Waals surface area contributed by atoms with Gasteiger partial charge in [0.25, 0.3) is 5.91 Å². The molecule has 2 aromatic rings. The number of hydrogen-bond donors (Lipinski definition) is 0. The molecule has 2 rings (SSSR count). The molecule has 82 valence electrons. The first-order valence-corrected chi connectivity index (χ1v) is 5.29. The standard InChI is InChI=1S/C12H11ClN2O/c1-8-7-9(2)15(14-8)12(16)10-3-5-11(13)6-4-10/h3-7H,1-2H3. The van der Waals surface area contributed by atoms with E-state index in [0.717, 1.165) is 11.4 Å². The van der Waals surface area contributed by atoms with E-state index in [2.05, 4.69) is 5.10 Å². The Morgan fingerprint density at radius 1 is 1.25 bits per heavy atom. The molecule has 0 bridgehead atoms. The van der Waals surface area contributed by atoms with Crippen LogP contribution < -0.4 is 0 Å². The third-order valence-electron chi connectivity index (χ3n) is 2.29. The van der Waals surface area contributed by atoms with Crippen molar-refractivity contribution in [3.05, 3.63) is 52.3 Å². The van der Waals surface area contributed by atoms with Gasteiger partial charge in [-0.2, -0.15) is 5.10 Å².